The van der Waals surface area contributed by atoms with E-state index in [0.29, 0.717) is 0 Å². The van der Waals surface area contributed by atoms with Crippen molar-refractivity contribution in [3.63, 3.8) is 0 Å². The van der Waals surface area contributed by atoms with Crippen molar-refractivity contribution in [2.24, 2.45) is 0 Å². The molecule has 0 saturated heterocycles. The number of aliphatic carboxylic acids is 1. The van der Waals surface area contributed by atoms with E-state index in [1.54, 1.807) is 6.92 Å². The Bertz CT molecular complexity index is 381. The lowest BCUT2D eigenvalue weighted by Gasteiger charge is -2.27. The van der Waals surface area contributed by atoms with Crippen LogP contribution in [0.15, 0.2) is 24.3 Å². The summed E-state index contributed by atoms with van der Waals surface area (Å²) in [4.78, 5) is 10.8. The monoisotopic (exact) mass is 222 g/mol. The van der Waals surface area contributed by atoms with Gasteiger partial charge in [0.2, 0.25) is 0 Å². The molecule has 3 nitrogen and oxygen atoms in total. The average Bonchev–Trinajstić information content (AvgIpc) is 2.15. The van der Waals surface area contributed by atoms with Crippen LogP contribution < -0.4 is 0 Å². The van der Waals surface area contributed by atoms with E-state index in [0.717, 1.165) is 11.1 Å². The number of carboxylic acid groups (broad SMARTS) is 1. The lowest BCUT2D eigenvalue weighted by Crippen LogP contribution is -2.23. The van der Waals surface area contributed by atoms with Crippen LogP contribution in [0.4, 0.5) is 0 Å². The second-order valence-corrected chi connectivity index (χ2v) is 4.72. The fourth-order valence-electron chi connectivity index (χ4n) is 1.95. The highest BCUT2D eigenvalue weighted by molar-refractivity contribution is 5.69. The molecule has 0 amide bonds. The molecule has 0 radical (unpaired) electrons. The second-order valence-electron chi connectivity index (χ2n) is 4.72. The first-order valence-electron chi connectivity index (χ1n) is 5.34. The highest BCUT2D eigenvalue weighted by Gasteiger charge is 2.27. The molecule has 0 saturated carbocycles. The van der Waals surface area contributed by atoms with Gasteiger partial charge in [0.1, 0.15) is 0 Å². The number of hydrogen-bond acceptors (Lipinski definition) is 2. The third kappa shape index (κ3) is 2.83. The predicted molar refractivity (Wildman–Crippen MR) is 62.4 cm³/mol. The summed E-state index contributed by atoms with van der Waals surface area (Å²) in [7, 11) is 0. The lowest BCUT2D eigenvalue weighted by atomic mass is 9.78. The third-order valence-electron chi connectivity index (χ3n) is 2.73. The summed E-state index contributed by atoms with van der Waals surface area (Å²) in [5.74, 6) is -0.828. The molecule has 0 aromatic heterocycles. The molecular weight excluding hydrogens is 204 g/mol. The van der Waals surface area contributed by atoms with E-state index in [-0.39, 0.29) is 6.42 Å². The van der Waals surface area contributed by atoms with Gasteiger partial charge in [-0.05, 0) is 18.1 Å². The zero-order chi connectivity index (χ0) is 12.3. The van der Waals surface area contributed by atoms with E-state index >= 15 is 0 Å². The molecule has 0 aliphatic rings. The summed E-state index contributed by atoms with van der Waals surface area (Å²) < 4.78 is 0. The maximum Gasteiger partial charge on any atom is 0.304 e. The van der Waals surface area contributed by atoms with Crippen LogP contribution in [0.3, 0.4) is 0 Å². The van der Waals surface area contributed by atoms with Gasteiger partial charge in [0, 0.05) is 5.41 Å². The van der Waals surface area contributed by atoms with Crippen LogP contribution in [0.25, 0.3) is 0 Å². The Hall–Kier alpha value is -1.35. The molecule has 0 heterocycles. The maximum absolute atomic E-state index is 10.8. The molecule has 0 fully saturated rings. The predicted octanol–water partition coefficient (Wildman–Crippen LogP) is 2.49. The summed E-state index contributed by atoms with van der Waals surface area (Å²) >= 11 is 0. The SMILES string of the molecule is CC(O)c1ccccc1C(C)(C)CC(=O)O. The van der Waals surface area contributed by atoms with Gasteiger partial charge in [0.25, 0.3) is 0 Å². The molecular formula is C13H18O3. The van der Waals surface area contributed by atoms with Crippen molar-refractivity contribution in [3.05, 3.63) is 35.4 Å². The van der Waals surface area contributed by atoms with Gasteiger partial charge in [-0.3, -0.25) is 4.79 Å². The number of carbonyl (C=O) groups is 1. The average molecular weight is 222 g/mol. The topological polar surface area (TPSA) is 57.5 Å². The van der Waals surface area contributed by atoms with E-state index in [4.69, 9.17) is 5.11 Å². The van der Waals surface area contributed by atoms with Gasteiger partial charge in [-0.15, -0.1) is 0 Å². The van der Waals surface area contributed by atoms with E-state index in [1.165, 1.54) is 0 Å². The smallest absolute Gasteiger partial charge is 0.304 e. The maximum atomic E-state index is 10.8. The van der Waals surface area contributed by atoms with E-state index in [9.17, 15) is 9.90 Å². The van der Waals surface area contributed by atoms with E-state index in [2.05, 4.69) is 0 Å². The van der Waals surface area contributed by atoms with Gasteiger partial charge in [-0.2, -0.15) is 0 Å². The van der Waals surface area contributed by atoms with Gasteiger partial charge in [-0.1, -0.05) is 38.1 Å². The molecule has 1 aromatic carbocycles. The van der Waals surface area contributed by atoms with Crippen LogP contribution in [0.1, 0.15) is 44.4 Å². The zero-order valence-electron chi connectivity index (χ0n) is 9.90. The molecule has 0 aliphatic carbocycles. The Balaban J connectivity index is 3.16. The number of carboxylic acids is 1. The summed E-state index contributed by atoms with van der Waals surface area (Å²) in [5.41, 5.74) is 1.22. The van der Waals surface area contributed by atoms with Crippen molar-refractivity contribution in [3.8, 4) is 0 Å². The molecule has 16 heavy (non-hydrogen) atoms. The normalized spacial score (nSPS) is 13.5. The highest BCUT2D eigenvalue weighted by atomic mass is 16.4. The minimum absolute atomic E-state index is 0.0523. The molecule has 3 heteroatoms. The summed E-state index contributed by atoms with van der Waals surface area (Å²) in [6.45, 7) is 5.44. The van der Waals surface area contributed by atoms with Gasteiger partial charge in [0.15, 0.2) is 0 Å². The Morgan fingerprint density at radius 2 is 1.94 bits per heavy atom. The van der Waals surface area contributed by atoms with Crippen LogP contribution in [0, 0.1) is 0 Å². The quantitative estimate of drug-likeness (QED) is 0.822. The second kappa shape index (κ2) is 4.66. The van der Waals surface area contributed by atoms with Crippen molar-refractivity contribution in [2.75, 3.05) is 0 Å². The molecule has 1 aromatic rings. The molecule has 2 N–H and O–H groups in total. The first kappa shape index (κ1) is 12.7. The lowest BCUT2D eigenvalue weighted by molar-refractivity contribution is -0.138. The van der Waals surface area contributed by atoms with Gasteiger partial charge in [-0.25, -0.2) is 0 Å². The number of hydrogen-bond donors (Lipinski definition) is 2. The van der Waals surface area contributed by atoms with Crippen molar-refractivity contribution in [2.45, 2.75) is 38.7 Å². The largest absolute Gasteiger partial charge is 0.481 e. The third-order valence-corrected chi connectivity index (χ3v) is 2.73. The fourth-order valence-corrected chi connectivity index (χ4v) is 1.95. The van der Waals surface area contributed by atoms with Crippen molar-refractivity contribution in [1.29, 1.82) is 0 Å². The molecule has 0 bridgehead atoms. The summed E-state index contributed by atoms with van der Waals surface area (Å²) in [6.07, 6.45) is -0.527. The van der Waals surface area contributed by atoms with Crippen LogP contribution >= 0.6 is 0 Å². The molecule has 88 valence electrons. The van der Waals surface area contributed by atoms with Crippen LogP contribution in [0.5, 0.6) is 0 Å². The Labute approximate surface area is 95.7 Å². The Kier molecular flexibility index (Phi) is 3.70. The number of benzene rings is 1. The molecule has 1 atom stereocenters. The van der Waals surface area contributed by atoms with E-state index < -0.39 is 17.5 Å². The Morgan fingerprint density at radius 3 is 2.44 bits per heavy atom. The van der Waals surface area contributed by atoms with Crippen molar-refractivity contribution >= 4 is 5.97 Å². The van der Waals surface area contributed by atoms with Gasteiger partial charge in [0.05, 0.1) is 12.5 Å². The van der Waals surface area contributed by atoms with Crippen LogP contribution in [-0.4, -0.2) is 16.2 Å². The van der Waals surface area contributed by atoms with Gasteiger partial charge < -0.3 is 10.2 Å². The van der Waals surface area contributed by atoms with E-state index in [1.807, 2.05) is 38.1 Å². The number of aliphatic hydroxyl groups is 1. The fraction of sp³-hybridized carbons (Fsp3) is 0.462. The van der Waals surface area contributed by atoms with Gasteiger partial charge >= 0.3 is 5.97 Å². The summed E-state index contributed by atoms with van der Waals surface area (Å²) in [6, 6.07) is 7.43. The minimum atomic E-state index is -0.828. The number of aliphatic hydroxyl groups excluding tert-OH is 1. The number of rotatable bonds is 4. The zero-order valence-corrected chi connectivity index (χ0v) is 9.90. The standard InChI is InChI=1S/C13H18O3/c1-9(14)10-6-4-5-7-11(10)13(2,3)8-12(15)16/h4-7,9,14H,8H2,1-3H3,(H,15,16). The molecule has 0 aliphatic heterocycles. The molecule has 1 unspecified atom stereocenters. The first-order chi connectivity index (χ1) is 7.34. The first-order valence-corrected chi connectivity index (χ1v) is 5.34. The minimum Gasteiger partial charge on any atom is -0.481 e. The van der Waals surface area contributed by atoms with Crippen molar-refractivity contribution in [1.82, 2.24) is 0 Å². The van der Waals surface area contributed by atoms with Crippen LogP contribution in [-0.2, 0) is 10.2 Å². The summed E-state index contributed by atoms with van der Waals surface area (Å²) in [5, 5.41) is 18.5. The Morgan fingerprint density at radius 1 is 1.38 bits per heavy atom. The van der Waals surface area contributed by atoms with Crippen LogP contribution in [0.2, 0.25) is 0 Å². The highest BCUT2D eigenvalue weighted by Crippen LogP contribution is 2.32. The molecule has 0 spiro atoms. The van der Waals surface area contributed by atoms with Crippen molar-refractivity contribution < 1.29 is 15.0 Å². The molecule has 1 rings (SSSR count).